The van der Waals surface area contributed by atoms with Crippen molar-refractivity contribution in [2.24, 2.45) is 5.92 Å². The molecule has 1 amide bonds. The van der Waals surface area contributed by atoms with Gasteiger partial charge in [-0.1, -0.05) is 24.6 Å². The zero-order valence-electron chi connectivity index (χ0n) is 25.4. The average molecular weight is 622 g/mol. The molecule has 12 heteroatoms. The summed E-state index contributed by atoms with van der Waals surface area (Å²) < 4.78 is 36.6. The topological polar surface area (TPSA) is 113 Å². The van der Waals surface area contributed by atoms with Gasteiger partial charge < -0.3 is 14.5 Å². The van der Waals surface area contributed by atoms with Crippen LogP contribution in [0.4, 0.5) is 5.69 Å². The van der Waals surface area contributed by atoms with E-state index in [0.717, 1.165) is 66.9 Å². The highest BCUT2D eigenvalue weighted by atomic mass is 32.2. The first-order chi connectivity index (χ1) is 21.4. The second kappa shape index (κ2) is 12.7. The molecule has 3 aromatic rings. The first kappa shape index (κ1) is 29.6. The molecule has 2 aromatic heterocycles. The highest BCUT2D eigenvalue weighted by Crippen LogP contribution is 2.43. The van der Waals surface area contributed by atoms with Gasteiger partial charge in [0.25, 0.3) is 0 Å². The standard InChI is InChI=1S/C32H43N7O4S/c40-29(35-44(41,42)38-17-19-43-20-18-38)22-26-21-28(37-15-11-24(12-16-37)23-36-13-4-5-14-36)30-31(25-7-6-8-25)34-39(32(30)33-26)27-9-2-1-3-10-27/h1-3,9-10,21,24-25H,4-8,11-20,22-23H2,(H,35,40). The molecule has 0 radical (unpaired) electrons. The fourth-order valence-electron chi connectivity index (χ4n) is 7.11. The van der Waals surface area contributed by atoms with Crippen molar-refractivity contribution >= 4 is 32.8 Å². The number of para-hydroxylation sites is 1. The second-order valence-corrected chi connectivity index (χ2v) is 14.4. The van der Waals surface area contributed by atoms with Crippen LogP contribution in [0.3, 0.4) is 0 Å². The number of pyridine rings is 1. The molecule has 1 saturated carbocycles. The number of nitrogens with one attached hydrogen (secondary N) is 1. The predicted octanol–water partition coefficient (Wildman–Crippen LogP) is 3.24. The van der Waals surface area contributed by atoms with Crippen LogP contribution < -0.4 is 9.62 Å². The number of piperidine rings is 1. The first-order valence-corrected chi connectivity index (χ1v) is 17.7. The Bertz CT molecular complexity index is 1570. The molecule has 0 atom stereocenters. The average Bonchev–Trinajstić information content (AvgIpc) is 3.65. The maximum Gasteiger partial charge on any atom is 0.303 e. The third-order valence-corrected chi connectivity index (χ3v) is 11.3. The van der Waals surface area contributed by atoms with E-state index in [2.05, 4.69) is 14.5 Å². The van der Waals surface area contributed by atoms with Gasteiger partial charge in [0.1, 0.15) is 0 Å². The number of carbonyl (C=O) groups is 1. The number of amides is 1. The van der Waals surface area contributed by atoms with E-state index in [4.69, 9.17) is 14.8 Å². The summed E-state index contributed by atoms with van der Waals surface area (Å²) in [5, 5.41) is 6.24. The van der Waals surface area contributed by atoms with Gasteiger partial charge in [-0.3, -0.25) is 4.79 Å². The third kappa shape index (κ3) is 6.22. The van der Waals surface area contributed by atoms with Gasteiger partial charge in [0, 0.05) is 38.6 Å². The smallest absolute Gasteiger partial charge is 0.303 e. The number of benzene rings is 1. The molecule has 1 aromatic carbocycles. The van der Waals surface area contributed by atoms with E-state index in [-0.39, 0.29) is 19.5 Å². The Hall–Kier alpha value is -3.06. The number of likely N-dealkylation sites (tertiary alicyclic amines) is 1. The zero-order valence-corrected chi connectivity index (χ0v) is 26.2. The summed E-state index contributed by atoms with van der Waals surface area (Å²) in [7, 11) is -3.95. The van der Waals surface area contributed by atoms with Crippen LogP contribution in [-0.4, -0.2) is 97.3 Å². The van der Waals surface area contributed by atoms with Crippen LogP contribution in [0.15, 0.2) is 36.4 Å². The van der Waals surface area contributed by atoms with Crippen molar-refractivity contribution < 1.29 is 17.9 Å². The van der Waals surface area contributed by atoms with Crippen LogP contribution in [0.5, 0.6) is 0 Å². The van der Waals surface area contributed by atoms with E-state index in [1.807, 2.05) is 41.1 Å². The Balaban J connectivity index is 1.22. The zero-order chi connectivity index (χ0) is 30.1. The number of fused-ring (bicyclic) bond motifs is 1. The number of rotatable bonds is 9. The van der Waals surface area contributed by atoms with Crippen molar-refractivity contribution in [3.8, 4) is 5.69 Å². The summed E-state index contributed by atoms with van der Waals surface area (Å²) in [5.41, 5.74) is 4.34. The maximum absolute atomic E-state index is 13.2. The molecule has 3 aliphatic heterocycles. The summed E-state index contributed by atoms with van der Waals surface area (Å²) >= 11 is 0. The molecule has 1 aliphatic carbocycles. The number of morpholine rings is 1. The molecule has 0 bridgehead atoms. The normalized spacial score (nSPS) is 21.1. The van der Waals surface area contributed by atoms with E-state index in [1.165, 1.54) is 43.2 Å². The maximum atomic E-state index is 13.2. The Morgan fingerprint density at radius 1 is 0.932 bits per heavy atom. The van der Waals surface area contributed by atoms with E-state index in [0.29, 0.717) is 30.7 Å². The van der Waals surface area contributed by atoms with Gasteiger partial charge >= 0.3 is 10.2 Å². The summed E-state index contributed by atoms with van der Waals surface area (Å²) in [5.74, 6) is 0.489. The molecule has 0 unspecified atom stereocenters. The Morgan fingerprint density at radius 3 is 2.34 bits per heavy atom. The SMILES string of the molecule is O=C(Cc1cc(N2CCC(CN3CCCC3)CC2)c2c(C3CCC3)nn(-c3ccccc3)c2n1)NS(=O)(=O)N1CCOCC1. The van der Waals surface area contributed by atoms with Gasteiger partial charge in [-0.25, -0.2) is 14.4 Å². The highest BCUT2D eigenvalue weighted by Gasteiger charge is 2.32. The minimum Gasteiger partial charge on any atom is -0.379 e. The number of nitrogens with zero attached hydrogens (tertiary/aromatic N) is 6. The van der Waals surface area contributed by atoms with Crippen LogP contribution in [0.2, 0.25) is 0 Å². The lowest BCUT2D eigenvalue weighted by Crippen LogP contribution is -2.48. The van der Waals surface area contributed by atoms with Crippen LogP contribution in [0, 0.1) is 5.92 Å². The van der Waals surface area contributed by atoms with E-state index < -0.39 is 16.1 Å². The van der Waals surface area contributed by atoms with Crippen molar-refractivity contribution in [3.05, 3.63) is 47.8 Å². The molecule has 0 spiro atoms. The number of anilines is 1. The molecule has 3 saturated heterocycles. The summed E-state index contributed by atoms with van der Waals surface area (Å²) in [6, 6.07) is 12.0. The molecule has 1 N–H and O–H groups in total. The number of aromatic nitrogens is 3. The molecular formula is C32H43N7O4S. The molecule has 11 nitrogen and oxygen atoms in total. The van der Waals surface area contributed by atoms with Gasteiger partial charge in [-0.15, -0.1) is 0 Å². The minimum absolute atomic E-state index is 0.142. The summed E-state index contributed by atoms with van der Waals surface area (Å²) in [6.45, 7) is 6.60. The molecule has 44 heavy (non-hydrogen) atoms. The number of hydrogen-bond acceptors (Lipinski definition) is 8. The molecule has 5 heterocycles. The van der Waals surface area contributed by atoms with Crippen LogP contribution >= 0.6 is 0 Å². The molecular weight excluding hydrogens is 578 g/mol. The van der Waals surface area contributed by atoms with Crippen molar-refractivity contribution in [1.29, 1.82) is 0 Å². The van der Waals surface area contributed by atoms with Gasteiger partial charge in [0.05, 0.1) is 47.8 Å². The van der Waals surface area contributed by atoms with E-state index in [1.54, 1.807) is 0 Å². The molecule has 4 fully saturated rings. The van der Waals surface area contributed by atoms with E-state index in [9.17, 15) is 13.2 Å². The van der Waals surface area contributed by atoms with Gasteiger partial charge in [0.15, 0.2) is 5.65 Å². The van der Waals surface area contributed by atoms with Crippen LogP contribution in [0.25, 0.3) is 16.7 Å². The Labute approximate surface area is 259 Å². The fraction of sp³-hybridized carbons (Fsp3) is 0.594. The van der Waals surface area contributed by atoms with Crippen LogP contribution in [-0.2, 0) is 26.2 Å². The molecule has 7 rings (SSSR count). The quantitative estimate of drug-likeness (QED) is 0.388. The Morgan fingerprint density at radius 2 is 1.66 bits per heavy atom. The lowest BCUT2D eigenvalue weighted by molar-refractivity contribution is -0.118. The van der Waals surface area contributed by atoms with Crippen molar-refractivity contribution in [2.45, 2.75) is 57.3 Å². The second-order valence-electron chi connectivity index (χ2n) is 12.7. The number of ether oxygens (including phenoxy) is 1. The molecule has 4 aliphatic rings. The molecule has 236 valence electrons. The lowest BCUT2D eigenvalue weighted by Gasteiger charge is -2.36. The van der Waals surface area contributed by atoms with Gasteiger partial charge in [0.2, 0.25) is 5.91 Å². The number of hydrogen-bond donors (Lipinski definition) is 1. The van der Waals surface area contributed by atoms with Gasteiger partial charge in [-0.2, -0.15) is 17.8 Å². The third-order valence-electron chi connectivity index (χ3n) is 9.75. The first-order valence-electron chi connectivity index (χ1n) is 16.3. The number of carbonyl (C=O) groups excluding carboxylic acids is 1. The van der Waals surface area contributed by atoms with Crippen molar-refractivity contribution in [2.75, 3.05) is 63.9 Å². The monoisotopic (exact) mass is 621 g/mol. The largest absolute Gasteiger partial charge is 0.379 e. The predicted molar refractivity (Wildman–Crippen MR) is 169 cm³/mol. The highest BCUT2D eigenvalue weighted by molar-refractivity contribution is 7.87. The Kier molecular flexibility index (Phi) is 8.58. The van der Waals surface area contributed by atoms with E-state index >= 15 is 0 Å². The van der Waals surface area contributed by atoms with Crippen molar-refractivity contribution in [3.63, 3.8) is 0 Å². The summed E-state index contributed by atoms with van der Waals surface area (Å²) in [4.78, 5) is 23.3. The summed E-state index contributed by atoms with van der Waals surface area (Å²) in [6.07, 6.45) is 8.16. The van der Waals surface area contributed by atoms with Crippen LogP contribution in [0.1, 0.15) is 62.3 Å². The fourth-order valence-corrected chi connectivity index (χ4v) is 8.23. The minimum atomic E-state index is -3.95. The van der Waals surface area contributed by atoms with Gasteiger partial charge in [-0.05, 0) is 75.7 Å². The lowest BCUT2D eigenvalue weighted by atomic mass is 9.81. The van der Waals surface area contributed by atoms with Crippen molar-refractivity contribution in [1.82, 2.24) is 28.7 Å².